The van der Waals surface area contributed by atoms with Crippen molar-refractivity contribution in [3.63, 3.8) is 0 Å². The van der Waals surface area contributed by atoms with Crippen LogP contribution in [0.1, 0.15) is 37.3 Å². The van der Waals surface area contributed by atoms with E-state index < -0.39 is 15.9 Å². The summed E-state index contributed by atoms with van der Waals surface area (Å²) < 4.78 is 23.7. The average molecular weight is 442 g/mol. The van der Waals surface area contributed by atoms with Crippen molar-refractivity contribution in [1.29, 1.82) is 0 Å². The zero-order chi connectivity index (χ0) is 21.7. The fourth-order valence-corrected chi connectivity index (χ4v) is 5.74. The summed E-state index contributed by atoms with van der Waals surface area (Å²) in [6, 6.07) is 16.9. The summed E-state index contributed by atoms with van der Waals surface area (Å²) in [6.07, 6.45) is 5.28. The van der Waals surface area contributed by atoms with E-state index in [1.54, 1.807) is 0 Å². The first-order valence-corrected chi connectivity index (χ1v) is 13.0. The van der Waals surface area contributed by atoms with E-state index in [4.69, 9.17) is 0 Å². The van der Waals surface area contributed by atoms with Gasteiger partial charge in [-0.1, -0.05) is 43.2 Å². The maximum Gasteiger partial charge on any atom is 0.246 e. The molecule has 2 fully saturated rings. The van der Waals surface area contributed by atoms with Crippen molar-refractivity contribution < 1.29 is 13.2 Å². The van der Waals surface area contributed by atoms with Gasteiger partial charge >= 0.3 is 0 Å². The molecule has 1 unspecified atom stereocenters. The third-order valence-electron chi connectivity index (χ3n) is 6.33. The predicted molar refractivity (Wildman–Crippen MR) is 125 cm³/mol. The van der Waals surface area contributed by atoms with Crippen LogP contribution in [0.4, 0.5) is 11.4 Å². The second-order valence-electron chi connectivity index (χ2n) is 8.60. The van der Waals surface area contributed by atoms with Crippen molar-refractivity contribution in [2.45, 2.75) is 31.7 Å². The number of carbonyl (C=O) groups is 1. The highest BCUT2D eigenvalue weighted by atomic mass is 32.2. The highest BCUT2D eigenvalue weighted by Crippen LogP contribution is 2.27. The predicted octanol–water partition coefficient (Wildman–Crippen LogP) is 3.70. The fourth-order valence-electron chi connectivity index (χ4n) is 4.51. The Morgan fingerprint density at radius 1 is 0.935 bits per heavy atom. The molecule has 1 amide bonds. The smallest absolute Gasteiger partial charge is 0.246 e. The van der Waals surface area contributed by atoms with Crippen LogP contribution in [0.25, 0.3) is 0 Å². The van der Waals surface area contributed by atoms with Crippen LogP contribution in [0.3, 0.4) is 0 Å². The van der Waals surface area contributed by atoms with E-state index in [0.717, 1.165) is 29.4 Å². The minimum absolute atomic E-state index is 0.0883. The molecule has 31 heavy (non-hydrogen) atoms. The molecule has 0 bridgehead atoms. The second-order valence-corrected chi connectivity index (χ2v) is 10.9. The molecule has 0 aromatic heterocycles. The van der Waals surface area contributed by atoms with Gasteiger partial charge in [0.2, 0.25) is 5.91 Å². The second kappa shape index (κ2) is 9.83. The van der Waals surface area contributed by atoms with Gasteiger partial charge in [0.1, 0.15) is 6.04 Å². The van der Waals surface area contributed by atoms with Crippen LogP contribution in [0.5, 0.6) is 0 Å². The molecule has 1 aliphatic carbocycles. The van der Waals surface area contributed by atoms with E-state index in [1.165, 1.54) is 25.7 Å². The molecule has 2 aliphatic rings. The molecule has 2 aromatic carbocycles. The molecule has 1 atom stereocenters. The minimum Gasteiger partial charge on any atom is -0.385 e. The van der Waals surface area contributed by atoms with E-state index >= 15 is 0 Å². The highest BCUT2D eigenvalue weighted by Gasteiger charge is 2.32. The van der Waals surface area contributed by atoms with Crippen molar-refractivity contribution >= 4 is 27.1 Å². The Hall–Kier alpha value is -2.38. The average Bonchev–Trinajstić information content (AvgIpc) is 3.29. The molecule has 1 saturated carbocycles. The van der Waals surface area contributed by atoms with Crippen molar-refractivity contribution in [3.05, 3.63) is 60.2 Å². The Labute approximate surface area is 185 Å². The molecular weight excluding hydrogens is 410 g/mol. The van der Waals surface area contributed by atoms with Crippen LogP contribution in [0.2, 0.25) is 0 Å². The molecule has 1 saturated heterocycles. The summed E-state index contributed by atoms with van der Waals surface area (Å²) in [5.41, 5.74) is 2.67. The summed E-state index contributed by atoms with van der Waals surface area (Å²) in [5, 5.41) is 6.52. The molecule has 6 nitrogen and oxygen atoms in total. The van der Waals surface area contributed by atoms with Gasteiger partial charge in [-0.15, -0.1) is 0 Å². The van der Waals surface area contributed by atoms with Gasteiger partial charge in [-0.25, -0.2) is 8.42 Å². The largest absolute Gasteiger partial charge is 0.385 e. The van der Waals surface area contributed by atoms with E-state index in [1.807, 2.05) is 59.5 Å². The van der Waals surface area contributed by atoms with Crippen molar-refractivity contribution in [2.75, 3.05) is 41.8 Å². The van der Waals surface area contributed by atoms with Crippen LogP contribution < -0.4 is 10.6 Å². The quantitative estimate of drug-likeness (QED) is 0.685. The number of nitrogens with one attached hydrogen (secondary N) is 2. The number of rotatable bonds is 7. The van der Waals surface area contributed by atoms with Crippen molar-refractivity contribution in [2.24, 2.45) is 5.92 Å². The topological polar surface area (TPSA) is 78.5 Å². The molecule has 2 N–H and O–H groups in total. The number of nitrogens with zero attached hydrogens (tertiary/aromatic N) is 1. The maximum atomic E-state index is 13.2. The van der Waals surface area contributed by atoms with Crippen LogP contribution in [0.15, 0.2) is 54.6 Å². The third-order valence-corrected chi connectivity index (χ3v) is 7.94. The van der Waals surface area contributed by atoms with Crippen molar-refractivity contribution in [3.8, 4) is 0 Å². The first-order valence-electron chi connectivity index (χ1n) is 11.1. The van der Waals surface area contributed by atoms with Crippen molar-refractivity contribution in [1.82, 2.24) is 4.90 Å². The molecule has 7 heteroatoms. The Kier molecular flexibility index (Phi) is 6.92. The molecule has 1 heterocycles. The molecule has 0 spiro atoms. The number of carbonyl (C=O) groups excluding carboxylic acids is 1. The Bertz CT molecular complexity index is 957. The lowest BCUT2D eigenvalue weighted by molar-refractivity contribution is -0.121. The van der Waals surface area contributed by atoms with Crippen LogP contribution in [-0.2, 0) is 14.6 Å². The summed E-state index contributed by atoms with van der Waals surface area (Å²) in [5.74, 6) is 0.798. The monoisotopic (exact) mass is 441 g/mol. The van der Waals surface area contributed by atoms with Crippen LogP contribution in [-0.4, -0.2) is 50.4 Å². The number of hydrogen-bond donors (Lipinski definition) is 2. The fraction of sp³-hybridized carbons (Fsp3) is 0.458. The van der Waals surface area contributed by atoms with E-state index in [9.17, 15) is 13.2 Å². The third kappa shape index (κ3) is 5.86. The lowest BCUT2D eigenvalue weighted by Gasteiger charge is -2.33. The Balaban J connectivity index is 1.42. The minimum atomic E-state index is -3.01. The number of sulfone groups is 1. The zero-order valence-electron chi connectivity index (χ0n) is 17.8. The molecule has 2 aromatic rings. The van der Waals surface area contributed by atoms with Gasteiger partial charge in [0.05, 0.1) is 11.5 Å². The van der Waals surface area contributed by atoms with Gasteiger partial charge in [-0.3, -0.25) is 9.69 Å². The van der Waals surface area contributed by atoms with Gasteiger partial charge in [0.25, 0.3) is 0 Å². The van der Waals surface area contributed by atoms with Gasteiger partial charge in [-0.2, -0.15) is 0 Å². The van der Waals surface area contributed by atoms with Crippen LogP contribution >= 0.6 is 0 Å². The summed E-state index contributed by atoms with van der Waals surface area (Å²) in [7, 11) is -3.01. The van der Waals surface area contributed by atoms with Gasteiger partial charge in [0, 0.05) is 31.0 Å². The standard InChI is InChI=1S/C24H31N3O3S/c28-24(26-22-12-10-21(11-13-22)25-18-19-6-4-5-7-19)23(20-8-2-1-3-9-20)27-14-16-31(29,30)17-15-27/h1-3,8-13,19,23,25H,4-7,14-18H2,(H,26,28). The molecule has 1 aliphatic heterocycles. The van der Waals surface area contributed by atoms with E-state index in [0.29, 0.717) is 13.1 Å². The number of anilines is 2. The molecular formula is C24H31N3O3S. The van der Waals surface area contributed by atoms with Gasteiger partial charge in [-0.05, 0) is 48.6 Å². The van der Waals surface area contributed by atoms with E-state index in [2.05, 4.69) is 10.6 Å². The number of amides is 1. The number of benzene rings is 2. The Morgan fingerprint density at radius 3 is 2.19 bits per heavy atom. The number of hydrogen-bond acceptors (Lipinski definition) is 5. The molecule has 4 rings (SSSR count). The van der Waals surface area contributed by atoms with Gasteiger partial charge in [0.15, 0.2) is 9.84 Å². The normalized spacial score (nSPS) is 20.3. The molecule has 0 radical (unpaired) electrons. The lowest BCUT2D eigenvalue weighted by atomic mass is 10.0. The van der Waals surface area contributed by atoms with E-state index in [-0.39, 0.29) is 17.4 Å². The maximum absolute atomic E-state index is 13.2. The zero-order valence-corrected chi connectivity index (χ0v) is 18.6. The first-order chi connectivity index (χ1) is 15.0. The Morgan fingerprint density at radius 2 is 1.55 bits per heavy atom. The van der Waals surface area contributed by atoms with Gasteiger partial charge < -0.3 is 10.6 Å². The van der Waals surface area contributed by atoms with Crippen LogP contribution in [0, 0.1) is 5.92 Å². The first kappa shape index (κ1) is 21.8. The summed E-state index contributed by atoms with van der Waals surface area (Å²) in [4.78, 5) is 15.2. The lowest BCUT2D eigenvalue weighted by Crippen LogP contribution is -2.46. The summed E-state index contributed by atoms with van der Waals surface area (Å²) in [6.45, 7) is 1.72. The summed E-state index contributed by atoms with van der Waals surface area (Å²) >= 11 is 0. The SMILES string of the molecule is O=C(Nc1ccc(NCC2CCCC2)cc1)C(c1ccccc1)N1CCS(=O)(=O)CC1. The highest BCUT2D eigenvalue weighted by molar-refractivity contribution is 7.91. The molecule has 166 valence electrons.